The first-order valence-corrected chi connectivity index (χ1v) is 12.2. The standard InChI is InChI=1S/C31H26N2O5/c1-20(34)38-30(23-6-4-3-5-7-23)31(35)33-28-13-12-27(37-19-36-2)16-26(28)17-29(33)24-11-10-22-9-8-21(18-32)14-25(22)15-24/h3-16,29-30H,17,19H2,1-2H3/t29-,30+/m1/s1. The summed E-state index contributed by atoms with van der Waals surface area (Å²) in [5, 5.41) is 11.3. The monoisotopic (exact) mass is 506 g/mol. The number of amides is 1. The Morgan fingerprint density at radius 3 is 2.53 bits per heavy atom. The van der Waals surface area contributed by atoms with Crippen LogP contribution in [0.25, 0.3) is 10.8 Å². The molecule has 0 bridgehead atoms. The number of nitrogens with zero attached hydrogens (tertiary/aromatic N) is 2. The van der Waals surface area contributed by atoms with E-state index in [0.717, 1.165) is 27.6 Å². The van der Waals surface area contributed by atoms with Crippen LogP contribution in [0.1, 0.15) is 41.3 Å². The number of carbonyl (C=O) groups is 2. The number of rotatable bonds is 7. The maximum Gasteiger partial charge on any atom is 0.303 e. The molecule has 0 spiro atoms. The van der Waals surface area contributed by atoms with Gasteiger partial charge in [-0.05, 0) is 64.7 Å². The molecule has 7 heteroatoms. The maximum atomic E-state index is 14.2. The van der Waals surface area contributed by atoms with E-state index in [9.17, 15) is 14.9 Å². The molecule has 0 radical (unpaired) electrons. The highest BCUT2D eigenvalue weighted by Crippen LogP contribution is 2.44. The number of methoxy groups -OCH3 is 1. The van der Waals surface area contributed by atoms with Crippen LogP contribution >= 0.6 is 0 Å². The highest BCUT2D eigenvalue weighted by atomic mass is 16.7. The summed E-state index contributed by atoms with van der Waals surface area (Å²) in [5.41, 5.74) is 3.72. The second-order valence-electron chi connectivity index (χ2n) is 9.10. The Labute approximate surface area is 220 Å². The van der Waals surface area contributed by atoms with Crippen molar-refractivity contribution in [3.8, 4) is 11.8 Å². The summed E-state index contributed by atoms with van der Waals surface area (Å²) in [7, 11) is 1.56. The van der Waals surface area contributed by atoms with E-state index < -0.39 is 12.1 Å². The molecule has 1 aliphatic heterocycles. The lowest BCUT2D eigenvalue weighted by molar-refractivity contribution is -0.153. The number of fused-ring (bicyclic) bond motifs is 2. The van der Waals surface area contributed by atoms with Crippen LogP contribution in [0.4, 0.5) is 5.69 Å². The van der Waals surface area contributed by atoms with Gasteiger partial charge in [0.25, 0.3) is 5.91 Å². The minimum absolute atomic E-state index is 0.110. The number of carbonyl (C=O) groups excluding carboxylic acids is 2. The van der Waals surface area contributed by atoms with Gasteiger partial charge in [-0.1, -0.05) is 48.5 Å². The Hall–Kier alpha value is -4.67. The van der Waals surface area contributed by atoms with Gasteiger partial charge in [0.05, 0.1) is 17.7 Å². The molecular weight excluding hydrogens is 480 g/mol. The van der Waals surface area contributed by atoms with E-state index in [1.165, 1.54) is 6.92 Å². The number of esters is 1. The van der Waals surface area contributed by atoms with Gasteiger partial charge in [-0.15, -0.1) is 0 Å². The lowest BCUT2D eigenvalue weighted by Gasteiger charge is -2.30. The molecule has 1 aliphatic rings. The summed E-state index contributed by atoms with van der Waals surface area (Å²) in [6.45, 7) is 1.41. The van der Waals surface area contributed by atoms with Crippen LogP contribution in [-0.4, -0.2) is 25.8 Å². The molecule has 0 aliphatic carbocycles. The molecule has 4 aromatic rings. The maximum absolute atomic E-state index is 14.2. The number of nitriles is 1. The summed E-state index contributed by atoms with van der Waals surface area (Å²) in [4.78, 5) is 28.0. The van der Waals surface area contributed by atoms with E-state index in [1.807, 2.05) is 60.7 Å². The molecule has 38 heavy (non-hydrogen) atoms. The second-order valence-corrected chi connectivity index (χ2v) is 9.10. The fourth-order valence-corrected chi connectivity index (χ4v) is 4.91. The Morgan fingerprint density at radius 2 is 1.79 bits per heavy atom. The summed E-state index contributed by atoms with van der Waals surface area (Å²) in [6.07, 6.45) is -0.562. The van der Waals surface area contributed by atoms with Gasteiger partial charge < -0.3 is 19.1 Å². The Kier molecular flexibility index (Phi) is 7.07. The lowest BCUT2D eigenvalue weighted by Crippen LogP contribution is -2.37. The van der Waals surface area contributed by atoms with E-state index in [4.69, 9.17) is 14.2 Å². The van der Waals surface area contributed by atoms with Crippen molar-refractivity contribution in [2.75, 3.05) is 18.8 Å². The SMILES string of the molecule is COCOc1ccc2c(c1)C[C@H](c1ccc3ccc(C#N)cc3c1)N2C(=O)[C@@H](OC(C)=O)c1ccccc1. The zero-order valence-electron chi connectivity index (χ0n) is 21.1. The molecule has 0 unspecified atom stereocenters. The van der Waals surface area contributed by atoms with Crippen molar-refractivity contribution in [2.45, 2.75) is 25.5 Å². The van der Waals surface area contributed by atoms with Gasteiger partial charge in [-0.3, -0.25) is 9.59 Å². The molecule has 0 fully saturated rings. The molecule has 2 atom stereocenters. The first kappa shape index (κ1) is 25.0. The van der Waals surface area contributed by atoms with Gasteiger partial charge in [-0.25, -0.2) is 0 Å². The molecule has 0 N–H and O–H groups in total. The Balaban J connectivity index is 1.60. The quantitative estimate of drug-likeness (QED) is 0.238. The van der Waals surface area contributed by atoms with Gasteiger partial charge in [0.2, 0.25) is 6.10 Å². The molecule has 1 amide bonds. The molecule has 4 aromatic carbocycles. The fraction of sp³-hybridized carbons (Fsp3) is 0.194. The van der Waals surface area contributed by atoms with Crippen molar-refractivity contribution >= 4 is 28.3 Å². The molecule has 0 aromatic heterocycles. The molecule has 7 nitrogen and oxygen atoms in total. The average molecular weight is 507 g/mol. The van der Waals surface area contributed by atoms with E-state index in [2.05, 4.69) is 6.07 Å². The zero-order chi connectivity index (χ0) is 26.6. The van der Waals surface area contributed by atoms with Crippen LogP contribution in [-0.2, 0) is 25.5 Å². The fourth-order valence-electron chi connectivity index (χ4n) is 4.91. The van der Waals surface area contributed by atoms with Crippen LogP contribution in [0, 0.1) is 11.3 Å². The highest BCUT2D eigenvalue weighted by Gasteiger charge is 2.40. The molecule has 0 saturated carbocycles. The van der Waals surface area contributed by atoms with Crippen LogP contribution in [0.3, 0.4) is 0 Å². The number of ether oxygens (including phenoxy) is 3. The molecule has 0 saturated heterocycles. The summed E-state index contributed by atoms with van der Waals surface area (Å²) >= 11 is 0. The summed E-state index contributed by atoms with van der Waals surface area (Å²) < 4.78 is 16.3. The lowest BCUT2D eigenvalue weighted by atomic mass is 9.97. The molecule has 190 valence electrons. The van der Waals surface area contributed by atoms with Crippen molar-refractivity contribution < 1.29 is 23.8 Å². The third kappa shape index (κ3) is 4.95. The number of anilines is 1. The Bertz CT molecular complexity index is 1540. The normalized spacial score (nSPS) is 15.0. The first-order valence-electron chi connectivity index (χ1n) is 12.2. The second kappa shape index (κ2) is 10.8. The molecule has 5 rings (SSSR count). The minimum atomic E-state index is -1.10. The number of hydrogen-bond donors (Lipinski definition) is 0. The van der Waals surface area contributed by atoms with Crippen LogP contribution in [0.5, 0.6) is 5.75 Å². The van der Waals surface area contributed by atoms with Gasteiger partial charge in [0, 0.05) is 25.3 Å². The smallest absolute Gasteiger partial charge is 0.303 e. The minimum Gasteiger partial charge on any atom is -0.468 e. The van der Waals surface area contributed by atoms with Crippen molar-refractivity contribution in [2.24, 2.45) is 0 Å². The van der Waals surface area contributed by atoms with E-state index in [0.29, 0.717) is 23.3 Å². The van der Waals surface area contributed by atoms with Crippen molar-refractivity contribution in [3.05, 3.63) is 107 Å². The first-order chi connectivity index (χ1) is 18.5. The van der Waals surface area contributed by atoms with Gasteiger partial charge >= 0.3 is 5.97 Å². The van der Waals surface area contributed by atoms with Crippen LogP contribution in [0.15, 0.2) is 84.9 Å². The van der Waals surface area contributed by atoms with E-state index in [1.54, 1.807) is 36.3 Å². The average Bonchev–Trinajstić information content (AvgIpc) is 3.33. The third-order valence-electron chi connectivity index (χ3n) is 6.60. The van der Waals surface area contributed by atoms with Gasteiger partial charge in [0.15, 0.2) is 6.79 Å². The zero-order valence-corrected chi connectivity index (χ0v) is 21.1. The van der Waals surface area contributed by atoms with Gasteiger partial charge in [-0.2, -0.15) is 5.26 Å². The number of benzene rings is 4. The van der Waals surface area contributed by atoms with E-state index >= 15 is 0 Å². The highest BCUT2D eigenvalue weighted by molar-refractivity contribution is 6.01. The van der Waals surface area contributed by atoms with Crippen LogP contribution in [0.2, 0.25) is 0 Å². The predicted octanol–water partition coefficient (Wildman–Crippen LogP) is 5.63. The Morgan fingerprint density at radius 1 is 1.00 bits per heavy atom. The molecule has 1 heterocycles. The van der Waals surface area contributed by atoms with E-state index in [-0.39, 0.29) is 18.7 Å². The third-order valence-corrected chi connectivity index (χ3v) is 6.60. The summed E-state index contributed by atoms with van der Waals surface area (Å²) in [5.74, 6) is -0.247. The van der Waals surface area contributed by atoms with Crippen molar-refractivity contribution in [3.63, 3.8) is 0 Å². The van der Waals surface area contributed by atoms with Gasteiger partial charge in [0.1, 0.15) is 5.75 Å². The molecular formula is C31H26N2O5. The topological polar surface area (TPSA) is 88.9 Å². The largest absolute Gasteiger partial charge is 0.468 e. The summed E-state index contributed by atoms with van der Waals surface area (Å²) in [6, 6.07) is 27.9. The van der Waals surface area contributed by atoms with Crippen molar-refractivity contribution in [1.82, 2.24) is 0 Å². The van der Waals surface area contributed by atoms with Crippen LogP contribution < -0.4 is 9.64 Å². The number of hydrogen-bond acceptors (Lipinski definition) is 6. The van der Waals surface area contributed by atoms with Crippen molar-refractivity contribution in [1.29, 1.82) is 5.26 Å². The predicted molar refractivity (Wildman–Crippen MR) is 142 cm³/mol.